The number of carbonyl (C=O) groups excluding carboxylic acids is 3. The van der Waals surface area contributed by atoms with E-state index in [1.54, 1.807) is 25.1 Å². The number of hydrogen-bond donors (Lipinski definition) is 3. The van der Waals surface area contributed by atoms with Gasteiger partial charge in [-0.3, -0.25) is 19.1 Å². The largest absolute Gasteiger partial charge is 0.496 e. The Labute approximate surface area is 382 Å². The molecule has 3 fully saturated rings. The summed E-state index contributed by atoms with van der Waals surface area (Å²) in [6.45, 7) is 7.79. The molecule has 4 aliphatic rings. The Balaban J connectivity index is 1.07. The molecule has 17 heteroatoms. The molecular formula is C48H55N7O8S2. The van der Waals surface area contributed by atoms with Crippen molar-refractivity contribution in [2.24, 2.45) is 5.92 Å². The second-order valence-electron chi connectivity index (χ2n) is 18.3. The predicted octanol–water partition coefficient (Wildman–Crippen LogP) is 7.68. The number of amides is 3. The van der Waals surface area contributed by atoms with E-state index in [9.17, 15) is 18.0 Å². The first-order chi connectivity index (χ1) is 31.2. The molecule has 342 valence electrons. The van der Waals surface area contributed by atoms with Crippen LogP contribution in [0.2, 0.25) is 0 Å². The molecule has 3 aromatic heterocycles. The molecule has 5 atom stereocenters. The Morgan fingerprint density at radius 3 is 2.65 bits per heavy atom. The number of nitrogens with zero attached hydrogens (tertiary/aromatic N) is 4. The zero-order valence-corrected chi connectivity index (χ0v) is 38.9. The van der Waals surface area contributed by atoms with Gasteiger partial charge in [0.2, 0.25) is 27.7 Å². The predicted molar refractivity (Wildman–Crippen MR) is 248 cm³/mol. The Hall–Kier alpha value is -5.81. The van der Waals surface area contributed by atoms with Gasteiger partial charge in [0.25, 0.3) is 5.91 Å². The topological polar surface area (TPSA) is 195 Å². The quantitative estimate of drug-likeness (QED) is 0.110. The minimum absolute atomic E-state index is 0.0593. The summed E-state index contributed by atoms with van der Waals surface area (Å²) in [6.07, 6.45) is 11.2. The van der Waals surface area contributed by atoms with Crippen LogP contribution in [0.1, 0.15) is 95.7 Å². The average Bonchev–Trinajstić information content (AvgIpc) is 3.85. The van der Waals surface area contributed by atoms with Gasteiger partial charge in [0.05, 0.1) is 35.8 Å². The fraction of sp³-hybridized carbons (Fsp3) is 0.458. The van der Waals surface area contributed by atoms with Crippen LogP contribution in [0.15, 0.2) is 76.9 Å². The number of ether oxygens (including phenoxy) is 2. The number of aromatic nitrogens is 3. The van der Waals surface area contributed by atoms with Crippen LogP contribution >= 0.6 is 11.3 Å². The smallest absolute Gasteiger partial charge is 0.259 e. The van der Waals surface area contributed by atoms with Crippen LogP contribution in [0, 0.1) is 12.8 Å². The van der Waals surface area contributed by atoms with E-state index in [0.29, 0.717) is 53.6 Å². The van der Waals surface area contributed by atoms with E-state index in [0.717, 1.165) is 52.9 Å². The Bertz CT molecular complexity index is 2770. The van der Waals surface area contributed by atoms with Gasteiger partial charge >= 0.3 is 0 Å². The number of anilines is 1. The summed E-state index contributed by atoms with van der Waals surface area (Å²) in [4.78, 5) is 60.0. The molecule has 1 saturated heterocycles. The van der Waals surface area contributed by atoms with Crippen molar-refractivity contribution in [3.05, 3.63) is 83.7 Å². The summed E-state index contributed by atoms with van der Waals surface area (Å²) in [5.74, 6) is -0.212. The fourth-order valence-electron chi connectivity index (χ4n) is 8.91. The van der Waals surface area contributed by atoms with E-state index >= 15 is 4.79 Å². The van der Waals surface area contributed by atoms with Crippen LogP contribution in [0.25, 0.3) is 33.1 Å². The zero-order chi connectivity index (χ0) is 45.7. The Kier molecular flexibility index (Phi) is 12.0. The number of benzene rings is 2. The number of aryl methyl sites for hydroxylation is 1. The molecule has 0 bridgehead atoms. The van der Waals surface area contributed by atoms with Crippen molar-refractivity contribution in [3.8, 4) is 33.7 Å². The molecule has 9 rings (SSSR count). The lowest BCUT2D eigenvalue weighted by molar-refractivity contribution is -0.140. The highest BCUT2D eigenvalue weighted by atomic mass is 32.2. The number of thiazole rings is 1. The van der Waals surface area contributed by atoms with E-state index in [4.69, 9.17) is 23.9 Å². The third-order valence-corrected chi connectivity index (χ3v) is 16.4. The lowest BCUT2D eigenvalue weighted by Crippen LogP contribution is -2.58. The number of pyridine rings is 1. The highest BCUT2D eigenvalue weighted by Crippen LogP contribution is 2.48. The van der Waals surface area contributed by atoms with E-state index < -0.39 is 56.2 Å². The van der Waals surface area contributed by atoms with Gasteiger partial charge in [-0.15, -0.1) is 11.3 Å². The molecule has 0 unspecified atom stereocenters. The maximum atomic E-state index is 15.2. The highest BCUT2D eigenvalue weighted by Gasteiger charge is 2.63. The Morgan fingerprint density at radius 2 is 1.91 bits per heavy atom. The van der Waals surface area contributed by atoms with Crippen molar-refractivity contribution in [2.45, 2.75) is 120 Å². The van der Waals surface area contributed by atoms with E-state index in [-0.39, 0.29) is 31.2 Å². The lowest BCUT2D eigenvalue weighted by atomic mass is 10.0. The van der Waals surface area contributed by atoms with Gasteiger partial charge in [0.15, 0.2) is 0 Å². The number of hydrogen-bond acceptors (Lipinski definition) is 13. The monoisotopic (exact) mass is 921 g/mol. The van der Waals surface area contributed by atoms with Gasteiger partial charge in [-0.05, 0) is 88.6 Å². The van der Waals surface area contributed by atoms with Crippen LogP contribution in [0.3, 0.4) is 0 Å². The first-order valence-electron chi connectivity index (χ1n) is 22.4. The van der Waals surface area contributed by atoms with Crippen LogP contribution < -0.4 is 24.8 Å². The minimum Gasteiger partial charge on any atom is -0.496 e. The molecule has 5 aromatic rings. The number of rotatable bonds is 11. The molecule has 5 heterocycles. The van der Waals surface area contributed by atoms with E-state index in [1.807, 2.05) is 66.9 Å². The summed E-state index contributed by atoms with van der Waals surface area (Å²) >= 11 is 1.50. The van der Waals surface area contributed by atoms with Crippen LogP contribution in [-0.4, -0.2) is 88.1 Å². The molecule has 2 aromatic carbocycles. The number of sulfonamides is 1. The molecule has 2 saturated carbocycles. The molecule has 65 heavy (non-hydrogen) atoms. The summed E-state index contributed by atoms with van der Waals surface area (Å²) in [7, 11) is -2.39. The van der Waals surface area contributed by atoms with Gasteiger partial charge in [-0.25, -0.2) is 23.4 Å². The second-order valence-corrected chi connectivity index (χ2v) is 21.4. The van der Waals surface area contributed by atoms with Crippen molar-refractivity contribution in [1.29, 1.82) is 0 Å². The molecule has 2 aliphatic heterocycles. The molecule has 15 nitrogen and oxygen atoms in total. The number of carbonyl (C=O) groups is 3. The van der Waals surface area contributed by atoms with Crippen molar-refractivity contribution in [2.75, 3.05) is 19.0 Å². The van der Waals surface area contributed by atoms with Crippen LogP contribution in [0.5, 0.6) is 11.5 Å². The van der Waals surface area contributed by atoms with Gasteiger partial charge in [0.1, 0.15) is 52.2 Å². The van der Waals surface area contributed by atoms with E-state index in [1.165, 1.54) is 17.6 Å². The molecule has 3 amide bonds. The normalized spacial score (nSPS) is 24.9. The minimum atomic E-state index is -4.00. The summed E-state index contributed by atoms with van der Waals surface area (Å²) in [5.41, 5.74) is 2.97. The van der Waals surface area contributed by atoms with Gasteiger partial charge in [0, 0.05) is 46.0 Å². The van der Waals surface area contributed by atoms with Crippen LogP contribution in [-0.2, 0) is 24.4 Å². The third kappa shape index (κ3) is 8.84. The lowest BCUT2D eigenvalue weighted by Gasteiger charge is -2.30. The summed E-state index contributed by atoms with van der Waals surface area (Å²) < 4.78 is 46.2. The highest BCUT2D eigenvalue weighted by molar-refractivity contribution is 7.91. The second kappa shape index (κ2) is 17.5. The number of nitrogens with one attached hydrogen (secondary N) is 3. The summed E-state index contributed by atoms with van der Waals surface area (Å²) in [5, 5.41) is 9.97. The summed E-state index contributed by atoms with van der Waals surface area (Å²) in [6, 6.07) is 11.3. The first-order valence-corrected chi connectivity index (χ1v) is 24.8. The number of methoxy groups -OCH3 is 1. The number of allylic oxidation sites excluding steroid dienone is 1. The van der Waals surface area contributed by atoms with Crippen molar-refractivity contribution in [1.82, 2.24) is 29.9 Å². The van der Waals surface area contributed by atoms with Crippen molar-refractivity contribution < 1.29 is 36.7 Å². The van der Waals surface area contributed by atoms with Gasteiger partial charge in [-0.1, -0.05) is 44.9 Å². The van der Waals surface area contributed by atoms with Crippen molar-refractivity contribution >= 4 is 55.7 Å². The molecule has 0 spiro atoms. The fourth-order valence-corrected chi connectivity index (χ4v) is 11.2. The van der Waals surface area contributed by atoms with Crippen molar-refractivity contribution in [3.63, 3.8) is 0 Å². The molecule has 0 radical (unpaired) electrons. The zero-order valence-electron chi connectivity index (χ0n) is 37.3. The Morgan fingerprint density at radius 1 is 1.08 bits per heavy atom. The third-order valence-electron chi connectivity index (χ3n) is 13.4. The number of oxazole rings is 1. The van der Waals surface area contributed by atoms with Gasteiger partial charge < -0.3 is 29.4 Å². The average molecular weight is 922 g/mol. The first kappa shape index (κ1) is 44.4. The molecule has 2 aliphatic carbocycles. The standard InChI is InChI=1S/C48H55N7O8S2/c1-28(2)37-27-64-44(52-37)36-24-40(34-16-17-39(61-5)29(3)41(34)51-36)63-33-23-38-42(56)53-48(46(58)54-65(59,60)47(4)18-19-47)25-31(48)13-9-7-6-8-10-15-35(45(57)55(38)26-33)50-32-14-11-12-30(22-32)43-49-20-21-62-43/h9,11-14,16-17,20-22,24,27-28,31,33,35,38,50H,6-8,10,15,18-19,23,25-26H2,1-5H3,(H,53,56)(H,54,58)/b13-9-/t31-,33-,35+,38+,48-/m1/s1. The molecular weight excluding hydrogens is 867 g/mol. The van der Waals surface area contributed by atoms with Crippen LogP contribution in [0.4, 0.5) is 5.69 Å². The maximum absolute atomic E-state index is 15.2. The maximum Gasteiger partial charge on any atom is 0.259 e. The SMILES string of the molecule is COc1ccc2c(O[C@@H]3C[C@H]4C(=O)N[C@]5(C(=O)NS(=O)(=O)C6(C)CC6)C[C@H]5/C=C\CCCCC[C@H](Nc5cccc(-c6ncco6)c5)C(=O)N4C3)cc(-c3nc(C(C)C)cs3)nc2c1C. The van der Waals surface area contributed by atoms with E-state index in [2.05, 4.69) is 34.2 Å². The van der Waals surface area contributed by atoms with Gasteiger partial charge in [-0.2, -0.15) is 0 Å². The number of fused-ring (bicyclic) bond motifs is 3. The molecule has 3 N–H and O–H groups in total.